The fourth-order valence-corrected chi connectivity index (χ4v) is 5.33. The van der Waals surface area contributed by atoms with Gasteiger partial charge in [0.25, 0.3) is 11.5 Å². The lowest BCUT2D eigenvalue weighted by Crippen LogP contribution is -2.31. The molecule has 1 amide bonds. The van der Waals surface area contributed by atoms with Gasteiger partial charge in [0.15, 0.2) is 0 Å². The molecule has 3 aromatic heterocycles. The van der Waals surface area contributed by atoms with Crippen molar-refractivity contribution >= 4 is 51.7 Å². The Morgan fingerprint density at radius 3 is 2.69 bits per heavy atom. The van der Waals surface area contributed by atoms with Gasteiger partial charge in [0.1, 0.15) is 21.5 Å². The molecule has 0 radical (unpaired) electrons. The van der Waals surface area contributed by atoms with Crippen LogP contribution in [0.15, 0.2) is 81.2 Å². The van der Waals surface area contributed by atoms with E-state index in [0.717, 1.165) is 11.1 Å². The average molecular weight is 503 g/mol. The topological polar surface area (TPSA) is 79.8 Å². The van der Waals surface area contributed by atoms with Crippen LogP contribution in [-0.2, 0) is 11.3 Å². The van der Waals surface area contributed by atoms with Gasteiger partial charge in [0.2, 0.25) is 0 Å². The molecule has 1 aliphatic heterocycles. The van der Waals surface area contributed by atoms with Gasteiger partial charge in [-0.05, 0) is 49.2 Å². The molecule has 0 bridgehead atoms. The van der Waals surface area contributed by atoms with Crippen molar-refractivity contribution in [3.05, 3.63) is 105 Å². The van der Waals surface area contributed by atoms with Crippen molar-refractivity contribution in [2.45, 2.75) is 26.4 Å². The summed E-state index contributed by atoms with van der Waals surface area (Å²) < 4.78 is 7.35. The number of carbonyl (C=O) groups excluding carboxylic acids is 1. The number of aryl methyl sites for hydroxylation is 1. The first-order valence-corrected chi connectivity index (χ1v) is 12.3. The average Bonchev–Trinajstić information content (AvgIpc) is 3.48. The second kappa shape index (κ2) is 9.52. The molecule has 1 N–H and O–H groups in total. The number of thioether (sulfide) groups is 1. The molecule has 7 nitrogen and oxygen atoms in total. The van der Waals surface area contributed by atoms with Gasteiger partial charge in [-0.25, -0.2) is 4.98 Å². The molecular formula is C26H22N4O3S2. The van der Waals surface area contributed by atoms with Crippen molar-refractivity contribution in [3.63, 3.8) is 0 Å². The van der Waals surface area contributed by atoms with Crippen molar-refractivity contribution in [1.29, 1.82) is 0 Å². The number of hydrogen-bond donors (Lipinski definition) is 1. The molecule has 1 fully saturated rings. The third kappa shape index (κ3) is 4.52. The summed E-state index contributed by atoms with van der Waals surface area (Å²) in [5.74, 6) is 0.837. The predicted molar refractivity (Wildman–Crippen MR) is 142 cm³/mol. The molecule has 1 aromatic carbocycles. The predicted octanol–water partition coefficient (Wildman–Crippen LogP) is 5.17. The van der Waals surface area contributed by atoms with E-state index in [1.807, 2.05) is 56.3 Å². The number of pyridine rings is 1. The summed E-state index contributed by atoms with van der Waals surface area (Å²) >= 11 is 6.74. The van der Waals surface area contributed by atoms with Crippen LogP contribution in [0.2, 0.25) is 0 Å². The van der Waals surface area contributed by atoms with E-state index < -0.39 is 0 Å². The maximum atomic E-state index is 13.5. The third-order valence-corrected chi connectivity index (χ3v) is 7.11. The Labute approximate surface area is 211 Å². The number of nitrogens with one attached hydrogen (secondary N) is 1. The minimum absolute atomic E-state index is 0.232. The zero-order chi connectivity index (χ0) is 24.5. The van der Waals surface area contributed by atoms with Crippen molar-refractivity contribution in [1.82, 2.24) is 14.3 Å². The lowest BCUT2D eigenvalue weighted by Gasteiger charge is -2.23. The van der Waals surface area contributed by atoms with Crippen molar-refractivity contribution < 1.29 is 9.21 Å². The maximum absolute atomic E-state index is 13.5. The monoisotopic (exact) mass is 502 g/mol. The number of aromatic nitrogens is 2. The summed E-state index contributed by atoms with van der Waals surface area (Å²) in [5, 5.41) is 3.19. The molecule has 4 heterocycles. The lowest BCUT2D eigenvalue weighted by molar-refractivity contribution is -0.123. The Morgan fingerprint density at radius 1 is 1.14 bits per heavy atom. The summed E-state index contributed by atoms with van der Waals surface area (Å²) in [5.41, 5.74) is 2.42. The minimum atomic E-state index is -0.276. The Balaban J connectivity index is 1.56. The van der Waals surface area contributed by atoms with Gasteiger partial charge >= 0.3 is 0 Å². The quantitative estimate of drug-likeness (QED) is 0.288. The van der Waals surface area contributed by atoms with Gasteiger partial charge in [-0.2, -0.15) is 0 Å². The van der Waals surface area contributed by atoms with Crippen molar-refractivity contribution in [2.75, 3.05) is 5.32 Å². The Kier molecular flexibility index (Phi) is 6.27. The van der Waals surface area contributed by atoms with Crippen LogP contribution in [0, 0.1) is 6.92 Å². The van der Waals surface area contributed by atoms with Crippen LogP contribution in [0.1, 0.15) is 35.4 Å². The van der Waals surface area contributed by atoms with Gasteiger partial charge < -0.3 is 9.73 Å². The van der Waals surface area contributed by atoms with Crippen LogP contribution in [0.25, 0.3) is 11.7 Å². The number of furan rings is 1. The van der Waals surface area contributed by atoms with E-state index in [0.29, 0.717) is 33.0 Å². The van der Waals surface area contributed by atoms with Crippen LogP contribution in [0.5, 0.6) is 0 Å². The van der Waals surface area contributed by atoms with Crippen molar-refractivity contribution in [3.8, 4) is 0 Å². The second-order valence-electron chi connectivity index (χ2n) is 8.19. The molecule has 0 saturated carbocycles. The molecule has 35 heavy (non-hydrogen) atoms. The van der Waals surface area contributed by atoms with E-state index in [2.05, 4.69) is 10.3 Å². The highest BCUT2D eigenvalue weighted by molar-refractivity contribution is 8.26. The standard InChI is InChI=1S/C26H22N4O3S2/c1-16-10-11-22-28-23(27-14-19-9-6-12-33-19)20(24(31)29(22)15-16)13-21-25(32)30(26(34)35-21)17(2)18-7-4-3-5-8-18/h3-13,15,17,27H,14H2,1-2H3/b21-13-. The minimum Gasteiger partial charge on any atom is -0.467 e. The van der Waals surface area contributed by atoms with E-state index in [1.54, 1.807) is 35.6 Å². The molecule has 0 aliphatic carbocycles. The van der Waals surface area contributed by atoms with Crippen LogP contribution in [0.4, 0.5) is 5.82 Å². The van der Waals surface area contributed by atoms with E-state index in [9.17, 15) is 9.59 Å². The molecule has 176 valence electrons. The van der Waals surface area contributed by atoms with Gasteiger partial charge in [0.05, 0.1) is 29.3 Å². The highest BCUT2D eigenvalue weighted by Crippen LogP contribution is 2.38. The summed E-state index contributed by atoms with van der Waals surface area (Å²) in [4.78, 5) is 33.6. The SMILES string of the molecule is Cc1ccc2nc(NCc3ccco3)c(/C=C3\SC(=S)N(C(C)c4ccccc4)C3=O)c(=O)n2c1. The molecule has 9 heteroatoms. The number of thiocarbonyl (C=S) groups is 1. The zero-order valence-electron chi connectivity index (χ0n) is 19.1. The first-order valence-electron chi connectivity index (χ1n) is 11.0. The number of carbonyl (C=O) groups is 1. The molecule has 5 rings (SSSR count). The Bertz CT molecular complexity index is 1510. The number of amides is 1. The highest BCUT2D eigenvalue weighted by atomic mass is 32.2. The highest BCUT2D eigenvalue weighted by Gasteiger charge is 2.36. The number of anilines is 1. The first-order chi connectivity index (χ1) is 16.9. The summed E-state index contributed by atoms with van der Waals surface area (Å²) in [6.45, 7) is 4.19. The summed E-state index contributed by atoms with van der Waals surface area (Å²) in [7, 11) is 0. The van der Waals surface area contributed by atoms with Crippen LogP contribution < -0.4 is 10.9 Å². The normalized spacial score (nSPS) is 15.8. The number of benzene rings is 1. The number of nitrogens with zero attached hydrogens (tertiary/aromatic N) is 3. The smallest absolute Gasteiger partial charge is 0.267 e. The van der Waals surface area contributed by atoms with E-state index >= 15 is 0 Å². The van der Waals surface area contributed by atoms with Crippen LogP contribution >= 0.6 is 24.0 Å². The van der Waals surface area contributed by atoms with Crippen LogP contribution in [0.3, 0.4) is 0 Å². The number of hydrogen-bond acceptors (Lipinski definition) is 7. The van der Waals surface area contributed by atoms with E-state index in [-0.39, 0.29) is 23.1 Å². The molecule has 1 atom stereocenters. The van der Waals surface area contributed by atoms with Crippen molar-refractivity contribution in [2.24, 2.45) is 0 Å². The maximum Gasteiger partial charge on any atom is 0.267 e. The van der Waals surface area contributed by atoms with Crippen LogP contribution in [-0.4, -0.2) is 24.5 Å². The molecule has 1 aliphatic rings. The Hall–Kier alpha value is -3.69. The first kappa shape index (κ1) is 23.1. The lowest BCUT2D eigenvalue weighted by atomic mass is 10.1. The zero-order valence-corrected chi connectivity index (χ0v) is 20.7. The molecule has 1 saturated heterocycles. The van der Waals surface area contributed by atoms with E-state index in [4.69, 9.17) is 16.6 Å². The van der Waals surface area contributed by atoms with E-state index in [1.165, 1.54) is 16.2 Å². The second-order valence-corrected chi connectivity index (χ2v) is 9.86. The Morgan fingerprint density at radius 2 is 1.94 bits per heavy atom. The van der Waals surface area contributed by atoms with Gasteiger partial charge in [-0.15, -0.1) is 0 Å². The molecule has 0 spiro atoms. The van der Waals surface area contributed by atoms with Gasteiger partial charge in [-0.3, -0.25) is 18.9 Å². The molecule has 4 aromatic rings. The molecular weight excluding hydrogens is 480 g/mol. The third-order valence-electron chi connectivity index (χ3n) is 5.78. The number of rotatable bonds is 6. The number of fused-ring (bicyclic) bond motifs is 1. The fraction of sp³-hybridized carbons (Fsp3) is 0.154. The fourth-order valence-electron chi connectivity index (χ4n) is 3.93. The summed E-state index contributed by atoms with van der Waals surface area (Å²) in [6.07, 6.45) is 4.91. The van der Waals surface area contributed by atoms with Gasteiger partial charge in [0, 0.05) is 6.20 Å². The summed E-state index contributed by atoms with van der Waals surface area (Å²) in [6, 6.07) is 16.8. The molecule has 1 unspecified atom stereocenters. The largest absolute Gasteiger partial charge is 0.467 e. The van der Waals surface area contributed by atoms with Gasteiger partial charge in [-0.1, -0.05) is 60.4 Å².